The average molecular weight is 430 g/mol. The second kappa shape index (κ2) is 7.81. The second-order valence-electron chi connectivity index (χ2n) is 7.18. The molecule has 0 saturated heterocycles. The second-order valence-corrected chi connectivity index (χ2v) is 7.96. The molecule has 31 heavy (non-hydrogen) atoms. The molecule has 0 unspecified atom stereocenters. The van der Waals surface area contributed by atoms with Gasteiger partial charge in [0.05, 0.1) is 11.3 Å². The molecule has 4 heterocycles. The van der Waals surface area contributed by atoms with Crippen LogP contribution < -0.4 is 10.6 Å². The number of fused-ring (bicyclic) bond motifs is 2. The Hall–Kier alpha value is -3.78. The molecule has 3 aromatic heterocycles. The zero-order valence-corrected chi connectivity index (χ0v) is 17.6. The molecule has 1 aliphatic rings. The lowest BCUT2D eigenvalue weighted by Crippen LogP contribution is -2.24. The van der Waals surface area contributed by atoms with Gasteiger partial charge in [-0.05, 0) is 40.8 Å². The largest absolute Gasteiger partial charge is 0.354 e. The summed E-state index contributed by atoms with van der Waals surface area (Å²) in [5.41, 5.74) is 5.83. The molecule has 1 aliphatic heterocycles. The van der Waals surface area contributed by atoms with Crippen molar-refractivity contribution in [1.82, 2.24) is 20.0 Å². The molecule has 0 bridgehead atoms. The number of aliphatic imine (C=N–C) groups is 1. The number of nitrogens with zero attached hydrogens (tertiary/aromatic N) is 3. The van der Waals surface area contributed by atoms with Gasteiger partial charge in [-0.2, -0.15) is 11.3 Å². The number of hydrogen-bond acceptors (Lipinski definition) is 5. The predicted molar refractivity (Wildman–Crippen MR) is 121 cm³/mol. The molecule has 8 heteroatoms. The number of carbonyl (C=O) groups is 2. The van der Waals surface area contributed by atoms with Crippen LogP contribution in [0.4, 0.5) is 5.69 Å². The summed E-state index contributed by atoms with van der Waals surface area (Å²) in [6, 6.07) is 11.4. The fraction of sp³-hybridized carbons (Fsp3) is 0.130. The number of aromatic nitrogens is 2. The van der Waals surface area contributed by atoms with Crippen LogP contribution in [-0.2, 0) is 13.0 Å². The highest BCUT2D eigenvalue weighted by Gasteiger charge is 2.23. The van der Waals surface area contributed by atoms with E-state index in [4.69, 9.17) is 0 Å². The first-order chi connectivity index (χ1) is 15.2. The van der Waals surface area contributed by atoms with Crippen LogP contribution in [0.2, 0.25) is 0 Å². The lowest BCUT2D eigenvalue weighted by Gasteiger charge is -2.08. The van der Waals surface area contributed by atoms with Crippen LogP contribution in [0.5, 0.6) is 0 Å². The highest BCUT2D eigenvalue weighted by atomic mass is 32.1. The maximum Gasteiger partial charge on any atom is 0.270 e. The van der Waals surface area contributed by atoms with Crippen LogP contribution in [0, 0.1) is 0 Å². The number of carbonyl (C=O) groups excluding carboxylic acids is 2. The van der Waals surface area contributed by atoms with Gasteiger partial charge >= 0.3 is 0 Å². The van der Waals surface area contributed by atoms with Crippen LogP contribution in [0.25, 0.3) is 16.9 Å². The zero-order valence-electron chi connectivity index (χ0n) is 16.8. The number of amides is 2. The van der Waals surface area contributed by atoms with E-state index in [2.05, 4.69) is 26.7 Å². The van der Waals surface area contributed by atoms with Crippen molar-refractivity contribution in [3.8, 4) is 11.3 Å². The van der Waals surface area contributed by atoms with Crippen molar-refractivity contribution in [1.29, 1.82) is 0 Å². The van der Waals surface area contributed by atoms with Crippen LogP contribution in [0.15, 0.2) is 58.3 Å². The third-order valence-corrected chi connectivity index (χ3v) is 5.95. The van der Waals surface area contributed by atoms with Crippen molar-refractivity contribution in [3.63, 3.8) is 0 Å². The van der Waals surface area contributed by atoms with Crippen LogP contribution in [-0.4, -0.2) is 34.5 Å². The SMILES string of the molecule is CNC(=O)c1c(-c2ccsc2)nc2c(C(=O)NCc3ccc4c(c3)CC=N4)cccn12. The third-order valence-electron chi connectivity index (χ3n) is 5.27. The molecule has 0 saturated carbocycles. The van der Waals surface area contributed by atoms with Gasteiger partial charge in [0.25, 0.3) is 11.8 Å². The van der Waals surface area contributed by atoms with E-state index >= 15 is 0 Å². The molecule has 0 fully saturated rings. The van der Waals surface area contributed by atoms with E-state index in [1.54, 1.807) is 29.8 Å². The number of imidazole rings is 1. The van der Waals surface area contributed by atoms with E-state index in [1.807, 2.05) is 35.2 Å². The van der Waals surface area contributed by atoms with Gasteiger partial charge in [0.2, 0.25) is 0 Å². The Morgan fingerprint density at radius 1 is 1.19 bits per heavy atom. The van der Waals surface area contributed by atoms with Crippen molar-refractivity contribution < 1.29 is 9.59 Å². The minimum atomic E-state index is -0.258. The number of pyridine rings is 1. The van der Waals surface area contributed by atoms with Gasteiger partial charge in [-0.15, -0.1) is 0 Å². The first-order valence-electron chi connectivity index (χ1n) is 9.84. The quantitative estimate of drug-likeness (QED) is 0.508. The van der Waals surface area contributed by atoms with Crippen molar-refractivity contribution in [2.24, 2.45) is 4.99 Å². The van der Waals surface area contributed by atoms with Crippen molar-refractivity contribution in [2.75, 3.05) is 7.05 Å². The Kier molecular flexibility index (Phi) is 4.83. The van der Waals surface area contributed by atoms with E-state index in [0.717, 1.165) is 28.8 Å². The van der Waals surface area contributed by atoms with Crippen molar-refractivity contribution in [2.45, 2.75) is 13.0 Å². The Labute approximate surface area is 182 Å². The molecule has 7 nitrogen and oxygen atoms in total. The van der Waals surface area contributed by atoms with E-state index in [9.17, 15) is 9.59 Å². The molecule has 154 valence electrons. The van der Waals surface area contributed by atoms with Gasteiger partial charge in [0.15, 0.2) is 5.65 Å². The Morgan fingerprint density at radius 2 is 2.10 bits per heavy atom. The minimum Gasteiger partial charge on any atom is -0.354 e. The zero-order chi connectivity index (χ0) is 21.4. The molecule has 0 spiro atoms. The average Bonchev–Trinajstić information content (AvgIpc) is 3.55. The van der Waals surface area contributed by atoms with Gasteiger partial charge < -0.3 is 10.6 Å². The molecule has 0 aliphatic carbocycles. The molecule has 0 atom stereocenters. The lowest BCUT2D eigenvalue weighted by atomic mass is 10.1. The van der Waals surface area contributed by atoms with E-state index in [-0.39, 0.29) is 11.8 Å². The van der Waals surface area contributed by atoms with E-state index in [1.165, 1.54) is 11.3 Å². The Morgan fingerprint density at radius 3 is 2.90 bits per heavy atom. The summed E-state index contributed by atoms with van der Waals surface area (Å²) in [5.74, 6) is -0.501. The maximum atomic E-state index is 13.0. The summed E-state index contributed by atoms with van der Waals surface area (Å²) in [6.07, 6.45) is 4.46. The van der Waals surface area contributed by atoms with E-state index < -0.39 is 0 Å². The number of thiophene rings is 1. The van der Waals surface area contributed by atoms with Gasteiger partial charge in [-0.25, -0.2) is 4.98 Å². The lowest BCUT2D eigenvalue weighted by molar-refractivity contribution is 0.0944. The van der Waals surface area contributed by atoms with Gasteiger partial charge in [0, 0.05) is 43.4 Å². The summed E-state index contributed by atoms with van der Waals surface area (Å²) in [5, 5.41) is 9.51. The van der Waals surface area contributed by atoms with Crippen LogP contribution in [0.3, 0.4) is 0 Å². The predicted octanol–water partition coefficient (Wildman–Crippen LogP) is 3.61. The monoisotopic (exact) mass is 429 g/mol. The molecular weight excluding hydrogens is 410 g/mol. The highest BCUT2D eigenvalue weighted by molar-refractivity contribution is 7.08. The molecule has 2 N–H and O–H groups in total. The summed E-state index contributed by atoms with van der Waals surface area (Å²) >= 11 is 1.53. The summed E-state index contributed by atoms with van der Waals surface area (Å²) in [6.45, 7) is 0.396. The standard InChI is InChI=1S/C23H19N5O2S/c1-24-23(30)20-19(16-7-10-31-13-16)27-21-17(3-2-9-28(20)21)22(29)26-12-14-4-5-18-15(11-14)6-8-25-18/h2-5,7-11,13H,6,12H2,1H3,(H,24,30)(H,26,29). The Balaban J connectivity index is 1.48. The molecule has 5 rings (SSSR count). The number of rotatable bonds is 5. The number of benzene rings is 1. The number of nitrogens with one attached hydrogen (secondary N) is 2. The third kappa shape index (κ3) is 3.40. The molecule has 2 amide bonds. The summed E-state index contributed by atoms with van der Waals surface area (Å²) in [7, 11) is 1.58. The summed E-state index contributed by atoms with van der Waals surface area (Å²) < 4.78 is 1.67. The van der Waals surface area contributed by atoms with Gasteiger partial charge in [0.1, 0.15) is 11.4 Å². The maximum absolute atomic E-state index is 13.0. The fourth-order valence-electron chi connectivity index (χ4n) is 3.74. The minimum absolute atomic E-state index is 0.243. The molecule has 0 radical (unpaired) electrons. The fourth-order valence-corrected chi connectivity index (χ4v) is 4.38. The highest BCUT2D eigenvalue weighted by Crippen LogP contribution is 2.28. The normalized spacial score (nSPS) is 12.2. The smallest absolute Gasteiger partial charge is 0.270 e. The topological polar surface area (TPSA) is 87.9 Å². The summed E-state index contributed by atoms with van der Waals surface area (Å²) in [4.78, 5) is 34.6. The van der Waals surface area contributed by atoms with Gasteiger partial charge in [-0.3, -0.25) is 19.0 Å². The molecular formula is C23H19N5O2S. The molecule has 4 aromatic rings. The van der Waals surface area contributed by atoms with Crippen molar-refractivity contribution in [3.05, 3.63) is 75.7 Å². The molecule has 1 aromatic carbocycles. The van der Waals surface area contributed by atoms with Crippen LogP contribution >= 0.6 is 11.3 Å². The van der Waals surface area contributed by atoms with Crippen LogP contribution in [0.1, 0.15) is 32.0 Å². The Bertz CT molecular complexity index is 1340. The van der Waals surface area contributed by atoms with Crippen molar-refractivity contribution >= 4 is 40.7 Å². The van der Waals surface area contributed by atoms with E-state index in [0.29, 0.717) is 29.1 Å². The number of hydrogen-bond donors (Lipinski definition) is 2. The first kappa shape index (κ1) is 19.2. The van der Waals surface area contributed by atoms with Gasteiger partial charge in [-0.1, -0.05) is 12.1 Å². The first-order valence-corrected chi connectivity index (χ1v) is 10.8.